The van der Waals surface area contributed by atoms with Crippen LogP contribution in [0.3, 0.4) is 0 Å². The molecule has 2 aliphatic heterocycles. The van der Waals surface area contributed by atoms with Gasteiger partial charge in [-0.1, -0.05) is 0 Å². The molecule has 1 saturated heterocycles. The average molecular weight is 372 g/mol. The Bertz CT molecular complexity index is 815. The van der Waals surface area contributed by atoms with Crippen LogP contribution in [0.2, 0.25) is 0 Å². The van der Waals surface area contributed by atoms with Crippen LogP contribution in [-0.2, 0) is 21.5 Å². The molecule has 0 aliphatic carbocycles. The molecule has 9 heteroatoms. The zero-order chi connectivity index (χ0) is 18.9. The summed E-state index contributed by atoms with van der Waals surface area (Å²) < 4.78 is 10.5. The zero-order valence-electron chi connectivity index (χ0n) is 15.6. The van der Waals surface area contributed by atoms with Crippen LogP contribution in [0.25, 0.3) is 0 Å². The van der Waals surface area contributed by atoms with Gasteiger partial charge in [0.25, 0.3) is 5.88 Å². The van der Waals surface area contributed by atoms with Gasteiger partial charge in [0.15, 0.2) is 5.82 Å². The lowest BCUT2D eigenvalue weighted by Crippen LogP contribution is -2.59. The van der Waals surface area contributed by atoms with Crippen molar-refractivity contribution in [1.82, 2.24) is 24.8 Å². The number of piperidine rings is 1. The van der Waals surface area contributed by atoms with Crippen LogP contribution in [0.5, 0.6) is 5.88 Å². The second-order valence-electron chi connectivity index (χ2n) is 6.87. The maximum atomic E-state index is 12.8. The van der Waals surface area contributed by atoms with Crippen molar-refractivity contribution in [3.63, 3.8) is 0 Å². The fraction of sp³-hybridized carbons (Fsp3) is 0.556. The minimum Gasteiger partial charge on any atom is -0.478 e. The molecule has 1 fully saturated rings. The summed E-state index contributed by atoms with van der Waals surface area (Å²) in [6.07, 6.45) is 7.34. The Kier molecular flexibility index (Phi) is 4.69. The molecule has 0 radical (unpaired) electrons. The van der Waals surface area contributed by atoms with Crippen LogP contribution in [0.15, 0.2) is 18.7 Å². The van der Waals surface area contributed by atoms with E-state index in [4.69, 9.17) is 9.47 Å². The van der Waals surface area contributed by atoms with E-state index in [-0.39, 0.29) is 12.5 Å². The Balaban J connectivity index is 1.63. The Morgan fingerprint density at radius 2 is 1.96 bits per heavy atom. The monoisotopic (exact) mass is 372 g/mol. The number of ether oxygens (including phenoxy) is 2. The molecule has 2 aromatic rings. The van der Waals surface area contributed by atoms with E-state index in [9.17, 15) is 4.79 Å². The van der Waals surface area contributed by atoms with Gasteiger partial charge in [0.2, 0.25) is 5.91 Å². The van der Waals surface area contributed by atoms with Crippen LogP contribution in [-0.4, -0.2) is 71.2 Å². The summed E-state index contributed by atoms with van der Waals surface area (Å²) in [7, 11) is 3.15. The zero-order valence-corrected chi connectivity index (χ0v) is 15.6. The number of fused-ring (bicyclic) bond motifs is 2. The highest BCUT2D eigenvalue weighted by Gasteiger charge is 2.48. The molecule has 4 rings (SSSR count). The van der Waals surface area contributed by atoms with Crippen molar-refractivity contribution in [2.45, 2.75) is 24.8 Å². The quantitative estimate of drug-likeness (QED) is 0.845. The number of H-pyrrole nitrogens is 1. The third-order valence-corrected chi connectivity index (χ3v) is 5.56. The van der Waals surface area contributed by atoms with Gasteiger partial charge in [-0.25, -0.2) is 15.0 Å². The number of amides is 1. The number of hydrogen-bond acceptors (Lipinski definition) is 7. The molecule has 27 heavy (non-hydrogen) atoms. The first-order valence-electron chi connectivity index (χ1n) is 9.11. The van der Waals surface area contributed by atoms with E-state index in [2.05, 4.69) is 24.8 Å². The molecule has 1 spiro atoms. The van der Waals surface area contributed by atoms with Crippen molar-refractivity contribution in [2.75, 3.05) is 45.4 Å². The Hall–Kier alpha value is -2.68. The Morgan fingerprint density at radius 1 is 1.19 bits per heavy atom. The number of aromatic nitrogens is 4. The van der Waals surface area contributed by atoms with Gasteiger partial charge < -0.3 is 24.3 Å². The summed E-state index contributed by atoms with van der Waals surface area (Å²) >= 11 is 0. The van der Waals surface area contributed by atoms with E-state index in [1.165, 1.54) is 0 Å². The number of nitrogens with zero attached hydrogens (tertiary/aromatic N) is 5. The van der Waals surface area contributed by atoms with Gasteiger partial charge in [-0.3, -0.25) is 4.79 Å². The number of hydrogen-bond donors (Lipinski definition) is 1. The summed E-state index contributed by atoms with van der Waals surface area (Å²) in [4.78, 5) is 33.4. The van der Waals surface area contributed by atoms with Crippen LogP contribution < -0.4 is 9.64 Å². The molecule has 1 N–H and O–H groups in total. The first kappa shape index (κ1) is 17.7. The molecule has 2 aliphatic rings. The molecule has 0 bridgehead atoms. The topological polar surface area (TPSA) is 96.5 Å². The predicted molar refractivity (Wildman–Crippen MR) is 97.6 cm³/mol. The highest BCUT2D eigenvalue weighted by Crippen LogP contribution is 2.43. The number of carbonyl (C=O) groups is 1. The second kappa shape index (κ2) is 7.15. The van der Waals surface area contributed by atoms with Gasteiger partial charge in [0, 0.05) is 51.3 Å². The van der Waals surface area contributed by atoms with Crippen molar-refractivity contribution < 1.29 is 14.3 Å². The van der Waals surface area contributed by atoms with Crippen LogP contribution in [0, 0.1) is 0 Å². The third kappa shape index (κ3) is 2.91. The number of methoxy groups -OCH3 is 2. The van der Waals surface area contributed by atoms with Crippen molar-refractivity contribution >= 4 is 11.7 Å². The first-order chi connectivity index (χ1) is 13.2. The summed E-state index contributed by atoms with van der Waals surface area (Å²) in [6, 6.07) is 0. The van der Waals surface area contributed by atoms with Gasteiger partial charge in [0.1, 0.15) is 6.61 Å². The normalized spacial score (nSPS) is 18.4. The van der Waals surface area contributed by atoms with Crippen molar-refractivity contribution in [3.05, 3.63) is 30.1 Å². The van der Waals surface area contributed by atoms with Crippen LogP contribution in [0.4, 0.5) is 5.82 Å². The van der Waals surface area contributed by atoms with Gasteiger partial charge >= 0.3 is 0 Å². The number of imidazole rings is 1. The van der Waals surface area contributed by atoms with Crippen molar-refractivity contribution in [1.29, 1.82) is 0 Å². The summed E-state index contributed by atoms with van der Waals surface area (Å²) in [5.41, 5.74) is 1.71. The second-order valence-corrected chi connectivity index (χ2v) is 6.87. The predicted octanol–water partition coefficient (Wildman–Crippen LogP) is 0.735. The standard InChI is InChI=1S/C18H24N6O3/c1-26-11-14(25)24-8-3-13-15(22-12-21-13)18(24)4-9-23(10-5-18)16-17(27-2)20-7-6-19-16/h6-7,12H,3-5,8-11H2,1-2H3,(H,21,22). The molecular formula is C18H24N6O3. The lowest BCUT2D eigenvalue weighted by Gasteiger charge is -2.50. The van der Waals surface area contributed by atoms with E-state index in [1.54, 1.807) is 32.9 Å². The van der Waals surface area contributed by atoms with E-state index in [0.717, 1.165) is 49.6 Å². The number of nitrogens with one attached hydrogen (secondary N) is 1. The SMILES string of the molecule is COCC(=O)N1CCc2[nH]cnc2C12CCN(c1nccnc1OC)CC2. The molecule has 0 atom stereocenters. The molecule has 0 saturated carbocycles. The minimum absolute atomic E-state index is 0.0108. The van der Waals surface area contributed by atoms with Crippen molar-refractivity contribution in [3.8, 4) is 5.88 Å². The van der Waals surface area contributed by atoms with Gasteiger partial charge in [-0.2, -0.15) is 0 Å². The van der Waals surface area contributed by atoms with Gasteiger partial charge in [-0.15, -0.1) is 0 Å². The maximum Gasteiger partial charge on any atom is 0.257 e. The van der Waals surface area contributed by atoms with Crippen LogP contribution >= 0.6 is 0 Å². The first-order valence-corrected chi connectivity index (χ1v) is 9.11. The number of rotatable bonds is 4. The highest BCUT2D eigenvalue weighted by atomic mass is 16.5. The third-order valence-electron chi connectivity index (χ3n) is 5.56. The fourth-order valence-corrected chi connectivity index (χ4v) is 4.32. The molecule has 4 heterocycles. The van der Waals surface area contributed by atoms with Crippen LogP contribution in [0.1, 0.15) is 24.2 Å². The number of anilines is 1. The Morgan fingerprint density at radius 3 is 2.70 bits per heavy atom. The number of aromatic amines is 1. The molecule has 1 amide bonds. The molecule has 0 unspecified atom stereocenters. The molecule has 144 valence electrons. The summed E-state index contributed by atoms with van der Waals surface area (Å²) in [5.74, 6) is 1.27. The highest BCUT2D eigenvalue weighted by molar-refractivity contribution is 5.79. The molecule has 2 aromatic heterocycles. The average Bonchev–Trinajstić information content (AvgIpc) is 3.19. The minimum atomic E-state index is -0.408. The summed E-state index contributed by atoms with van der Waals surface area (Å²) in [6.45, 7) is 2.23. The number of carbonyl (C=O) groups excluding carboxylic acids is 1. The molecule has 9 nitrogen and oxygen atoms in total. The van der Waals surface area contributed by atoms with Crippen molar-refractivity contribution in [2.24, 2.45) is 0 Å². The van der Waals surface area contributed by atoms with E-state index in [1.807, 2.05) is 4.90 Å². The van der Waals surface area contributed by atoms with Gasteiger partial charge in [-0.05, 0) is 12.8 Å². The largest absolute Gasteiger partial charge is 0.478 e. The molecular weight excluding hydrogens is 348 g/mol. The van der Waals surface area contributed by atoms with Gasteiger partial charge in [0.05, 0.1) is 24.7 Å². The van der Waals surface area contributed by atoms with E-state index in [0.29, 0.717) is 12.4 Å². The summed E-state index contributed by atoms with van der Waals surface area (Å²) in [5, 5.41) is 0. The van der Waals surface area contributed by atoms with E-state index < -0.39 is 5.54 Å². The van der Waals surface area contributed by atoms with E-state index >= 15 is 0 Å². The lowest BCUT2D eigenvalue weighted by molar-refractivity contribution is -0.144. The smallest absolute Gasteiger partial charge is 0.257 e. The lowest BCUT2D eigenvalue weighted by atomic mass is 9.78. The maximum absolute atomic E-state index is 12.8. The Labute approximate surface area is 157 Å². The molecule has 0 aromatic carbocycles. The fourth-order valence-electron chi connectivity index (χ4n) is 4.32.